The molecule has 1 fully saturated rings. The number of nitrogens with zero attached hydrogens (tertiary/aromatic N) is 2. The Morgan fingerprint density at radius 3 is 2.52 bits per heavy atom. The summed E-state index contributed by atoms with van der Waals surface area (Å²) in [7, 11) is 1.55. The van der Waals surface area contributed by atoms with Crippen LogP contribution in [0.1, 0.15) is 12.0 Å². The Morgan fingerprint density at radius 2 is 1.93 bits per heavy atom. The second kappa shape index (κ2) is 8.22. The van der Waals surface area contributed by atoms with Crippen LogP contribution in [0, 0.1) is 5.82 Å². The number of aliphatic carboxylic acids is 1. The molecule has 0 aromatic heterocycles. The lowest BCUT2D eigenvalue weighted by molar-refractivity contribution is -0.139. The molecule has 27 heavy (non-hydrogen) atoms. The Labute approximate surface area is 159 Å². The molecule has 0 radical (unpaired) electrons. The van der Waals surface area contributed by atoms with Crippen LogP contribution >= 0.6 is 11.8 Å². The van der Waals surface area contributed by atoms with E-state index in [1.807, 2.05) is 0 Å². The van der Waals surface area contributed by atoms with Crippen molar-refractivity contribution in [2.75, 3.05) is 7.11 Å². The molecular formula is C19H17FN2O4S. The average Bonchev–Trinajstić information content (AvgIpc) is 2.66. The zero-order valence-electron chi connectivity index (χ0n) is 14.5. The zero-order chi connectivity index (χ0) is 19.4. The third-order valence-electron chi connectivity index (χ3n) is 3.97. The molecule has 0 spiro atoms. The lowest BCUT2D eigenvalue weighted by Gasteiger charge is -2.30. The highest BCUT2D eigenvalue weighted by atomic mass is 32.2. The van der Waals surface area contributed by atoms with Crippen LogP contribution in [0.15, 0.2) is 53.5 Å². The number of hydrogen-bond acceptors (Lipinski definition) is 5. The average molecular weight is 388 g/mol. The normalized spacial score (nSPS) is 18.6. The van der Waals surface area contributed by atoms with Crippen molar-refractivity contribution in [2.45, 2.75) is 18.2 Å². The predicted molar refractivity (Wildman–Crippen MR) is 101 cm³/mol. The number of rotatable bonds is 5. The van der Waals surface area contributed by atoms with Crippen LogP contribution in [-0.2, 0) is 16.1 Å². The molecule has 1 saturated heterocycles. The fourth-order valence-electron chi connectivity index (χ4n) is 2.53. The molecule has 0 unspecified atom stereocenters. The summed E-state index contributed by atoms with van der Waals surface area (Å²) in [6, 6.07) is 12.7. The van der Waals surface area contributed by atoms with Crippen molar-refractivity contribution in [3.8, 4) is 5.75 Å². The van der Waals surface area contributed by atoms with Gasteiger partial charge in [0.2, 0.25) is 5.91 Å². The van der Waals surface area contributed by atoms with E-state index in [0.29, 0.717) is 16.6 Å². The number of ether oxygens (including phenoxy) is 1. The molecule has 1 heterocycles. The molecule has 8 heteroatoms. The Morgan fingerprint density at radius 1 is 1.26 bits per heavy atom. The first-order chi connectivity index (χ1) is 13.0. The van der Waals surface area contributed by atoms with Crippen LogP contribution in [0.3, 0.4) is 0 Å². The predicted octanol–water partition coefficient (Wildman–Crippen LogP) is 3.44. The van der Waals surface area contributed by atoms with E-state index >= 15 is 0 Å². The minimum Gasteiger partial charge on any atom is -0.497 e. The number of carbonyl (C=O) groups excluding carboxylic acids is 1. The smallest absolute Gasteiger partial charge is 0.317 e. The molecule has 1 amide bonds. The van der Waals surface area contributed by atoms with E-state index in [1.54, 1.807) is 43.5 Å². The van der Waals surface area contributed by atoms with Crippen LogP contribution < -0.4 is 4.74 Å². The second-order valence-electron chi connectivity index (χ2n) is 5.85. The maximum absolute atomic E-state index is 13.1. The van der Waals surface area contributed by atoms with E-state index < -0.39 is 11.2 Å². The van der Waals surface area contributed by atoms with Gasteiger partial charge in [0.05, 0.1) is 25.8 Å². The van der Waals surface area contributed by atoms with Crippen molar-refractivity contribution in [2.24, 2.45) is 4.99 Å². The van der Waals surface area contributed by atoms with Crippen molar-refractivity contribution >= 4 is 34.5 Å². The standard InChI is InChI=1S/C19H17FN2O4S/c1-26-15-8-6-14(7-9-15)21-19-22(11-12-2-4-13(20)5-3-12)17(23)10-16(27-19)18(24)25/h2-9,16H,10-11H2,1H3,(H,24,25)/t16-/m1/s1. The van der Waals surface area contributed by atoms with E-state index in [-0.39, 0.29) is 24.7 Å². The first kappa shape index (κ1) is 18.9. The number of hydrogen-bond donors (Lipinski definition) is 1. The number of carboxylic acid groups (broad SMARTS) is 1. The lowest BCUT2D eigenvalue weighted by Crippen LogP contribution is -2.43. The van der Waals surface area contributed by atoms with Crippen molar-refractivity contribution in [1.29, 1.82) is 0 Å². The summed E-state index contributed by atoms with van der Waals surface area (Å²) in [6.07, 6.45) is -0.122. The van der Waals surface area contributed by atoms with Gasteiger partial charge in [0, 0.05) is 0 Å². The summed E-state index contributed by atoms with van der Waals surface area (Å²) in [6.45, 7) is 0.188. The molecule has 1 aliphatic rings. The molecule has 1 N–H and O–H groups in total. The molecule has 0 aliphatic carbocycles. The highest BCUT2D eigenvalue weighted by Gasteiger charge is 2.35. The maximum Gasteiger partial charge on any atom is 0.317 e. The molecule has 1 atom stereocenters. The van der Waals surface area contributed by atoms with Crippen LogP contribution in [0.4, 0.5) is 10.1 Å². The van der Waals surface area contributed by atoms with E-state index in [1.165, 1.54) is 17.0 Å². The SMILES string of the molecule is COc1ccc(N=C2S[C@@H](C(=O)O)CC(=O)N2Cc2ccc(F)cc2)cc1. The molecule has 3 rings (SSSR count). The zero-order valence-corrected chi connectivity index (χ0v) is 15.3. The number of amidine groups is 1. The molecule has 2 aromatic carbocycles. The van der Waals surface area contributed by atoms with Crippen molar-refractivity contribution in [1.82, 2.24) is 4.90 Å². The monoisotopic (exact) mass is 388 g/mol. The third-order valence-corrected chi connectivity index (χ3v) is 5.14. The molecule has 2 aromatic rings. The first-order valence-corrected chi connectivity index (χ1v) is 9.01. The van der Waals surface area contributed by atoms with Gasteiger partial charge in [-0.05, 0) is 42.0 Å². The third kappa shape index (κ3) is 4.65. The van der Waals surface area contributed by atoms with Crippen LogP contribution in [0.5, 0.6) is 5.75 Å². The quantitative estimate of drug-likeness (QED) is 0.849. The highest BCUT2D eigenvalue weighted by molar-refractivity contribution is 8.15. The number of carboxylic acids is 1. The van der Waals surface area contributed by atoms with Gasteiger partial charge in [0.15, 0.2) is 5.17 Å². The number of aliphatic imine (C=N–C) groups is 1. The molecule has 0 bridgehead atoms. The van der Waals surface area contributed by atoms with Gasteiger partial charge in [-0.25, -0.2) is 9.38 Å². The van der Waals surface area contributed by atoms with Crippen LogP contribution in [0.2, 0.25) is 0 Å². The highest BCUT2D eigenvalue weighted by Crippen LogP contribution is 2.30. The minimum absolute atomic E-state index is 0.122. The van der Waals surface area contributed by atoms with Crippen LogP contribution in [-0.4, -0.2) is 39.4 Å². The van der Waals surface area contributed by atoms with Gasteiger partial charge in [0.25, 0.3) is 0 Å². The number of methoxy groups -OCH3 is 1. The number of benzene rings is 2. The fourth-order valence-corrected chi connectivity index (χ4v) is 3.56. The van der Waals surface area contributed by atoms with Gasteiger partial charge >= 0.3 is 5.97 Å². The van der Waals surface area contributed by atoms with Gasteiger partial charge in [-0.15, -0.1) is 0 Å². The van der Waals surface area contributed by atoms with Crippen LogP contribution in [0.25, 0.3) is 0 Å². The Kier molecular flexibility index (Phi) is 5.75. The van der Waals surface area contributed by atoms with Crippen molar-refractivity contribution in [3.63, 3.8) is 0 Å². The van der Waals surface area contributed by atoms with E-state index in [4.69, 9.17) is 4.74 Å². The molecule has 140 valence electrons. The maximum atomic E-state index is 13.1. The number of carbonyl (C=O) groups is 2. The molecular weight excluding hydrogens is 371 g/mol. The van der Waals surface area contributed by atoms with Gasteiger partial charge < -0.3 is 9.84 Å². The summed E-state index contributed by atoms with van der Waals surface area (Å²) in [4.78, 5) is 29.8. The topological polar surface area (TPSA) is 79.2 Å². The summed E-state index contributed by atoms with van der Waals surface area (Å²) in [5, 5.41) is 8.72. The first-order valence-electron chi connectivity index (χ1n) is 8.13. The van der Waals surface area contributed by atoms with Gasteiger partial charge in [-0.3, -0.25) is 14.5 Å². The van der Waals surface area contributed by atoms with E-state index in [0.717, 1.165) is 17.3 Å². The number of amides is 1. The Bertz CT molecular complexity index is 868. The Balaban J connectivity index is 1.91. The molecule has 6 nitrogen and oxygen atoms in total. The summed E-state index contributed by atoms with van der Waals surface area (Å²) in [5.74, 6) is -1.09. The van der Waals surface area contributed by atoms with E-state index in [9.17, 15) is 19.1 Å². The summed E-state index contributed by atoms with van der Waals surface area (Å²) in [5.41, 5.74) is 1.29. The van der Waals surface area contributed by atoms with Crippen molar-refractivity contribution < 1.29 is 23.8 Å². The largest absolute Gasteiger partial charge is 0.497 e. The minimum atomic E-state index is -1.06. The lowest BCUT2D eigenvalue weighted by atomic mass is 10.2. The molecule has 0 saturated carbocycles. The number of thioether (sulfide) groups is 1. The number of halogens is 1. The van der Waals surface area contributed by atoms with Crippen molar-refractivity contribution in [3.05, 3.63) is 59.9 Å². The van der Waals surface area contributed by atoms with Gasteiger partial charge in [0.1, 0.15) is 16.8 Å². The van der Waals surface area contributed by atoms with Gasteiger partial charge in [-0.1, -0.05) is 23.9 Å². The summed E-state index contributed by atoms with van der Waals surface area (Å²) >= 11 is 1.03. The van der Waals surface area contributed by atoms with Gasteiger partial charge in [-0.2, -0.15) is 0 Å². The van der Waals surface area contributed by atoms with E-state index in [2.05, 4.69) is 4.99 Å². The molecule has 1 aliphatic heterocycles. The Hall–Kier alpha value is -2.87. The summed E-state index contributed by atoms with van der Waals surface area (Å²) < 4.78 is 18.2. The fraction of sp³-hybridized carbons (Fsp3) is 0.211. The second-order valence-corrected chi connectivity index (χ2v) is 7.02.